The Hall–Kier alpha value is -4.08. The largest absolute Gasteiger partial charge is 0.480 e. The van der Waals surface area contributed by atoms with Crippen LogP contribution in [0.1, 0.15) is 49.9 Å². The topological polar surface area (TPSA) is 114 Å². The molecule has 0 saturated heterocycles. The van der Waals surface area contributed by atoms with Gasteiger partial charge in [0.15, 0.2) is 0 Å². The summed E-state index contributed by atoms with van der Waals surface area (Å²) in [5.41, 5.74) is 4.53. The van der Waals surface area contributed by atoms with Crippen LogP contribution in [0, 0.1) is 10.1 Å². The Labute approximate surface area is 196 Å². The van der Waals surface area contributed by atoms with E-state index in [1.165, 1.54) is 6.20 Å². The molecule has 3 heterocycles. The molecule has 10 heteroatoms. The van der Waals surface area contributed by atoms with Crippen LogP contribution in [0.2, 0.25) is 0 Å². The van der Waals surface area contributed by atoms with Crippen molar-refractivity contribution in [2.75, 3.05) is 7.11 Å². The van der Waals surface area contributed by atoms with Crippen LogP contribution >= 0.6 is 0 Å². The van der Waals surface area contributed by atoms with Crippen molar-refractivity contribution in [3.63, 3.8) is 0 Å². The van der Waals surface area contributed by atoms with Crippen LogP contribution in [0.3, 0.4) is 0 Å². The number of nitrogens with zero attached hydrogens (tertiary/aromatic N) is 7. The highest BCUT2D eigenvalue weighted by Gasteiger charge is 2.31. The summed E-state index contributed by atoms with van der Waals surface area (Å²) in [6.45, 7) is 4.52. The lowest BCUT2D eigenvalue weighted by atomic mass is 10.1. The molecule has 0 bridgehead atoms. The second-order valence-corrected chi connectivity index (χ2v) is 8.69. The highest BCUT2D eigenvalue weighted by atomic mass is 16.6. The maximum atomic E-state index is 11.2. The molecular weight excluding hydrogens is 434 g/mol. The fraction of sp³-hybridized carbons (Fsp3) is 0.333. The molecule has 0 N–H and O–H groups in total. The van der Waals surface area contributed by atoms with Crippen LogP contribution in [0.15, 0.2) is 49.1 Å². The minimum atomic E-state index is -0.465. The first kappa shape index (κ1) is 21.7. The predicted molar refractivity (Wildman–Crippen MR) is 126 cm³/mol. The van der Waals surface area contributed by atoms with Gasteiger partial charge in [0.1, 0.15) is 12.5 Å². The molecule has 3 aromatic heterocycles. The van der Waals surface area contributed by atoms with Gasteiger partial charge in [-0.1, -0.05) is 12.1 Å². The SMILES string of the molecule is COc1ncnc(C2CC2)c1-c1ccn(Cc2ccc(-c3nc([N+](=O)[O-])cn3C(C)C)cc2)n1. The van der Waals surface area contributed by atoms with E-state index < -0.39 is 4.92 Å². The second kappa shape index (κ2) is 8.69. The summed E-state index contributed by atoms with van der Waals surface area (Å²) in [5, 5.41) is 15.9. The van der Waals surface area contributed by atoms with Gasteiger partial charge in [-0.25, -0.2) is 9.97 Å². The first-order valence-electron chi connectivity index (χ1n) is 11.2. The Kier molecular flexibility index (Phi) is 5.56. The van der Waals surface area contributed by atoms with Crippen molar-refractivity contribution in [3.05, 3.63) is 70.4 Å². The van der Waals surface area contributed by atoms with Gasteiger partial charge in [-0.2, -0.15) is 5.10 Å². The van der Waals surface area contributed by atoms with Gasteiger partial charge in [0.05, 0.1) is 30.6 Å². The predicted octanol–water partition coefficient (Wildman–Crippen LogP) is 4.63. The second-order valence-electron chi connectivity index (χ2n) is 8.69. The molecule has 0 amide bonds. The number of rotatable bonds is 8. The number of ether oxygens (including phenoxy) is 1. The van der Waals surface area contributed by atoms with Crippen molar-refractivity contribution >= 4 is 5.82 Å². The van der Waals surface area contributed by atoms with Gasteiger partial charge in [0, 0.05) is 23.7 Å². The van der Waals surface area contributed by atoms with Crippen molar-refractivity contribution in [1.29, 1.82) is 0 Å². The van der Waals surface area contributed by atoms with E-state index in [9.17, 15) is 10.1 Å². The van der Waals surface area contributed by atoms with Gasteiger partial charge in [-0.15, -0.1) is 0 Å². The van der Waals surface area contributed by atoms with Crippen molar-refractivity contribution < 1.29 is 9.66 Å². The Morgan fingerprint density at radius 2 is 1.94 bits per heavy atom. The third-order valence-electron chi connectivity index (χ3n) is 5.92. The summed E-state index contributed by atoms with van der Waals surface area (Å²) in [6, 6.07) is 9.86. The zero-order valence-corrected chi connectivity index (χ0v) is 19.3. The Morgan fingerprint density at radius 3 is 2.59 bits per heavy atom. The lowest BCUT2D eigenvalue weighted by Gasteiger charge is -2.10. The first-order chi connectivity index (χ1) is 16.4. The van der Waals surface area contributed by atoms with Crippen LogP contribution in [0.25, 0.3) is 22.6 Å². The summed E-state index contributed by atoms with van der Waals surface area (Å²) in [4.78, 5) is 23.7. The zero-order valence-electron chi connectivity index (χ0n) is 19.3. The lowest BCUT2D eigenvalue weighted by Crippen LogP contribution is -2.03. The molecule has 1 aliphatic rings. The Balaban J connectivity index is 1.39. The van der Waals surface area contributed by atoms with Crippen LogP contribution < -0.4 is 4.74 Å². The van der Waals surface area contributed by atoms with Crippen LogP contribution in [0.4, 0.5) is 5.82 Å². The van der Waals surface area contributed by atoms with Crippen molar-refractivity contribution in [2.45, 2.75) is 45.2 Å². The maximum Gasteiger partial charge on any atom is 0.382 e. The first-order valence-corrected chi connectivity index (χ1v) is 11.2. The molecule has 4 aromatic rings. The number of methoxy groups -OCH3 is 1. The molecule has 0 aliphatic heterocycles. The number of benzene rings is 1. The Morgan fingerprint density at radius 1 is 1.18 bits per heavy atom. The monoisotopic (exact) mass is 459 g/mol. The van der Waals surface area contributed by atoms with Crippen LogP contribution in [-0.4, -0.2) is 41.3 Å². The van der Waals surface area contributed by atoms with E-state index in [0.29, 0.717) is 24.2 Å². The Bertz CT molecular complexity index is 1340. The van der Waals surface area contributed by atoms with E-state index in [0.717, 1.165) is 40.9 Å². The minimum Gasteiger partial charge on any atom is -0.480 e. The van der Waals surface area contributed by atoms with E-state index in [1.807, 2.05) is 59.6 Å². The quantitative estimate of drug-likeness (QED) is 0.279. The molecule has 0 unspecified atom stereocenters. The van der Waals surface area contributed by atoms with Gasteiger partial charge < -0.3 is 19.4 Å². The third-order valence-corrected chi connectivity index (χ3v) is 5.92. The summed E-state index contributed by atoms with van der Waals surface area (Å²) >= 11 is 0. The molecule has 0 spiro atoms. The van der Waals surface area contributed by atoms with E-state index in [-0.39, 0.29) is 11.9 Å². The molecule has 1 aromatic carbocycles. The molecule has 174 valence electrons. The van der Waals surface area contributed by atoms with Crippen molar-refractivity contribution in [1.82, 2.24) is 29.3 Å². The van der Waals surface area contributed by atoms with E-state index in [2.05, 4.69) is 15.0 Å². The molecule has 1 aliphatic carbocycles. The van der Waals surface area contributed by atoms with Gasteiger partial charge in [0.2, 0.25) is 5.88 Å². The molecular formula is C24H25N7O3. The summed E-state index contributed by atoms with van der Waals surface area (Å²) < 4.78 is 9.18. The molecule has 5 rings (SSSR count). The standard InChI is InChI=1S/C24H25N7O3/c1-15(2)30-13-20(31(32)33)27-23(30)18-6-4-16(5-7-18)12-29-11-10-19(28-29)21-22(17-8-9-17)25-14-26-24(21)34-3/h4-7,10-11,13-15,17H,8-9,12H2,1-3H3. The van der Waals surface area contributed by atoms with Crippen molar-refractivity contribution in [3.8, 4) is 28.5 Å². The lowest BCUT2D eigenvalue weighted by molar-refractivity contribution is -0.389. The fourth-order valence-corrected chi connectivity index (χ4v) is 4.05. The van der Waals surface area contributed by atoms with Crippen LogP contribution in [-0.2, 0) is 6.54 Å². The highest BCUT2D eigenvalue weighted by molar-refractivity contribution is 5.68. The molecule has 1 saturated carbocycles. The number of hydrogen-bond acceptors (Lipinski definition) is 7. The molecule has 10 nitrogen and oxygen atoms in total. The third kappa shape index (κ3) is 4.14. The van der Waals surface area contributed by atoms with Crippen LogP contribution in [0.5, 0.6) is 5.88 Å². The van der Waals surface area contributed by atoms with E-state index >= 15 is 0 Å². The summed E-state index contributed by atoms with van der Waals surface area (Å²) in [6.07, 6.45) is 7.21. The smallest absolute Gasteiger partial charge is 0.382 e. The van der Waals surface area contributed by atoms with Gasteiger partial charge in [0.25, 0.3) is 5.82 Å². The van der Waals surface area contributed by atoms with Gasteiger partial charge >= 0.3 is 5.82 Å². The number of aromatic nitrogens is 6. The summed E-state index contributed by atoms with van der Waals surface area (Å²) in [5.74, 6) is 1.42. The minimum absolute atomic E-state index is 0.0536. The summed E-state index contributed by atoms with van der Waals surface area (Å²) in [7, 11) is 1.61. The highest BCUT2D eigenvalue weighted by Crippen LogP contribution is 2.45. The molecule has 1 fully saturated rings. The van der Waals surface area contributed by atoms with Gasteiger partial charge in [-0.05, 0) is 60.4 Å². The number of nitro groups is 1. The molecule has 34 heavy (non-hydrogen) atoms. The number of hydrogen-bond donors (Lipinski definition) is 0. The normalized spacial score (nSPS) is 13.4. The average Bonchev–Trinajstić information content (AvgIpc) is 3.40. The molecule has 0 radical (unpaired) electrons. The van der Waals surface area contributed by atoms with E-state index in [4.69, 9.17) is 9.84 Å². The molecule has 0 atom stereocenters. The van der Waals surface area contributed by atoms with Gasteiger partial charge in [-0.3, -0.25) is 4.68 Å². The van der Waals surface area contributed by atoms with Crippen molar-refractivity contribution in [2.24, 2.45) is 0 Å². The maximum absolute atomic E-state index is 11.2. The fourth-order valence-electron chi connectivity index (χ4n) is 4.05. The average molecular weight is 460 g/mol. The zero-order chi connectivity index (χ0) is 23.8. The van der Waals surface area contributed by atoms with E-state index in [1.54, 1.807) is 13.4 Å². The number of imidazole rings is 1.